The minimum atomic E-state index is -3.85. The number of carbonyl (C=O) groups excluding carboxylic acids is 1. The molecule has 0 aliphatic carbocycles. The Balaban J connectivity index is 1.49. The van der Waals surface area contributed by atoms with E-state index in [-0.39, 0.29) is 18.0 Å². The molecule has 10 heteroatoms. The van der Waals surface area contributed by atoms with Crippen LogP contribution in [0.4, 0.5) is 0 Å². The van der Waals surface area contributed by atoms with E-state index in [9.17, 15) is 13.2 Å². The first kappa shape index (κ1) is 25.7. The number of amides is 1. The maximum Gasteiger partial charge on any atom is 0.271 e. The van der Waals surface area contributed by atoms with Gasteiger partial charge in [0.25, 0.3) is 5.91 Å². The SMILES string of the molecule is O=C(N/N=C\c1ccc(CN(Cc2ccccc2)S(=O)(=O)c2ccc(Cl)cc2)o1)c1ccc(Cl)cc1. The summed E-state index contributed by atoms with van der Waals surface area (Å²) < 4.78 is 33.9. The van der Waals surface area contributed by atoms with Gasteiger partial charge in [0.1, 0.15) is 11.5 Å². The van der Waals surface area contributed by atoms with Crippen LogP contribution < -0.4 is 5.43 Å². The third kappa shape index (κ3) is 6.61. The third-order valence-electron chi connectivity index (χ3n) is 5.13. The third-order valence-corrected chi connectivity index (χ3v) is 7.44. The highest BCUT2D eigenvalue weighted by atomic mass is 35.5. The number of rotatable bonds is 9. The molecule has 0 atom stereocenters. The summed E-state index contributed by atoms with van der Waals surface area (Å²) >= 11 is 11.8. The van der Waals surface area contributed by atoms with Crippen LogP contribution in [0.5, 0.6) is 0 Å². The molecule has 36 heavy (non-hydrogen) atoms. The Morgan fingerprint density at radius 3 is 2.17 bits per heavy atom. The molecule has 1 N–H and O–H groups in total. The Morgan fingerprint density at radius 2 is 1.50 bits per heavy atom. The fraction of sp³-hybridized carbons (Fsp3) is 0.0769. The first-order chi connectivity index (χ1) is 17.3. The summed E-state index contributed by atoms with van der Waals surface area (Å²) in [4.78, 5) is 12.3. The predicted octanol–water partition coefficient (Wildman–Crippen LogP) is 5.74. The van der Waals surface area contributed by atoms with Crippen molar-refractivity contribution in [1.29, 1.82) is 0 Å². The molecule has 0 unspecified atom stereocenters. The number of hydrogen-bond donors (Lipinski definition) is 1. The molecule has 1 aromatic heterocycles. The van der Waals surface area contributed by atoms with Gasteiger partial charge in [-0.15, -0.1) is 0 Å². The molecule has 0 fully saturated rings. The predicted molar refractivity (Wildman–Crippen MR) is 140 cm³/mol. The van der Waals surface area contributed by atoms with Gasteiger partial charge in [-0.05, 0) is 66.2 Å². The molecule has 0 saturated heterocycles. The van der Waals surface area contributed by atoms with Crippen molar-refractivity contribution >= 4 is 45.3 Å². The van der Waals surface area contributed by atoms with Gasteiger partial charge in [0, 0.05) is 22.2 Å². The first-order valence-electron chi connectivity index (χ1n) is 10.8. The van der Waals surface area contributed by atoms with E-state index in [2.05, 4.69) is 10.5 Å². The van der Waals surface area contributed by atoms with E-state index in [1.807, 2.05) is 30.3 Å². The Bertz CT molecular complexity index is 1450. The van der Waals surface area contributed by atoms with Crippen LogP contribution in [0.2, 0.25) is 10.0 Å². The van der Waals surface area contributed by atoms with Crippen LogP contribution in [-0.4, -0.2) is 24.8 Å². The van der Waals surface area contributed by atoms with Gasteiger partial charge in [-0.3, -0.25) is 4.79 Å². The van der Waals surface area contributed by atoms with Crippen molar-refractivity contribution in [2.24, 2.45) is 5.10 Å². The Labute approximate surface area is 219 Å². The van der Waals surface area contributed by atoms with E-state index in [0.717, 1.165) is 5.56 Å². The average Bonchev–Trinajstić information content (AvgIpc) is 3.32. The van der Waals surface area contributed by atoms with Crippen LogP contribution >= 0.6 is 23.2 Å². The summed E-state index contributed by atoms with van der Waals surface area (Å²) in [6, 6.07) is 25.0. The number of carbonyl (C=O) groups is 1. The van der Waals surface area contributed by atoms with Crippen molar-refractivity contribution < 1.29 is 17.6 Å². The highest BCUT2D eigenvalue weighted by Gasteiger charge is 2.26. The highest BCUT2D eigenvalue weighted by Crippen LogP contribution is 2.23. The van der Waals surface area contributed by atoms with Gasteiger partial charge in [-0.25, -0.2) is 13.8 Å². The number of hydrogen-bond acceptors (Lipinski definition) is 5. The molecule has 0 saturated carbocycles. The molecular weight excluding hydrogens is 521 g/mol. The lowest BCUT2D eigenvalue weighted by molar-refractivity contribution is 0.0955. The molecule has 0 spiro atoms. The second-order valence-electron chi connectivity index (χ2n) is 7.72. The summed E-state index contributed by atoms with van der Waals surface area (Å²) in [5.41, 5.74) is 3.64. The number of nitrogens with one attached hydrogen (secondary N) is 1. The Hall–Kier alpha value is -3.43. The van der Waals surface area contributed by atoms with E-state index in [1.54, 1.807) is 36.4 Å². The maximum atomic E-state index is 13.4. The van der Waals surface area contributed by atoms with Gasteiger partial charge in [0.05, 0.1) is 17.7 Å². The fourth-order valence-electron chi connectivity index (χ4n) is 3.31. The number of halogens is 2. The van der Waals surface area contributed by atoms with Gasteiger partial charge in [0.2, 0.25) is 10.0 Å². The number of benzene rings is 3. The van der Waals surface area contributed by atoms with Crippen molar-refractivity contribution in [2.75, 3.05) is 0 Å². The molecule has 184 valence electrons. The first-order valence-corrected chi connectivity index (χ1v) is 13.0. The molecular formula is C26H21Cl2N3O4S. The van der Waals surface area contributed by atoms with E-state index in [1.165, 1.54) is 34.8 Å². The van der Waals surface area contributed by atoms with Crippen LogP contribution in [-0.2, 0) is 23.1 Å². The zero-order valence-corrected chi connectivity index (χ0v) is 21.2. The van der Waals surface area contributed by atoms with Crippen molar-refractivity contribution in [1.82, 2.24) is 9.73 Å². The van der Waals surface area contributed by atoms with E-state index < -0.39 is 15.9 Å². The minimum absolute atomic E-state index is 0.00910. The maximum absolute atomic E-state index is 13.4. The summed E-state index contributed by atoms with van der Waals surface area (Å²) in [5, 5.41) is 4.88. The van der Waals surface area contributed by atoms with Gasteiger partial charge >= 0.3 is 0 Å². The fourth-order valence-corrected chi connectivity index (χ4v) is 4.96. The summed E-state index contributed by atoms with van der Waals surface area (Å²) in [6.07, 6.45) is 1.34. The molecule has 7 nitrogen and oxygen atoms in total. The van der Waals surface area contributed by atoms with E-state index in [4.69, 9.17) is 27.6 Å². The Kier molecular flexibility index (Phi) is 8.22. The molecule has 0 bridgehead atoms. The van der Waals surface area contributed by atoms with Gasteiger partial charge < -0.3 is 4.42 Å². The highest BCUT2D eigenvalue weighted by molar-refractivity contribution is 7.89. The number of hydrazone groups is 1. The van der Waals surface area contributed by atoms with Crippen LogP contribution in [0.15, 0.2) is 105 Å². The molecule has 0 aliphatic heterocycles. The topological polar surface area (TPSA) is 92.0 Å². The molecule has 0 aliphatic rings. The average molecular weight is 542 g/mol. The quantitative estimate of drug-likeness (QED) is 0.216. The van der Waals surface area contributed by atoms with E-state index in [0.29, 0.717) is 27.1 Å². The van der Waals surface area contributed by atoms with Crippen LogP contribution in [0.25, 0.3) is 0 Å². The van der Waals surface area contributed by atoms with Crippen LogP contribution in [0.3, 0.4) is 0 Å². The lowest BCUT2D eigenvalue weighted by atomic mass is 10.2. The molecule has 1 heterocycles. The largest absolute Gasteiger partial charge is 0.459 e. The summed E-state index contributed by atoms with van der Waals surface area (Å²) in [5.74, 6) is 0.358. The Morgan fingerprint density at radius 1 is 0.861 bits per heavy atom. The number of furan rings is 1. The minimum Gasteiger partial charge on any atom is -0.459 e. The summed E-state index contributed by atoms with van der Waals surface area (Å²) in [6.45, 7) is 0.137. The van der Waals surface area contributed by atoms with Gasteiger partial charge in [0.15, 0.2) is 0 Å². The van der Waals surface area contributed by atoms with Crippen LogP contribution in [0.1, 0.15) is 27.4 Å². The monoisotopic (exact) mass is 541 g/mol. The second kappa shape index (κ2) is 11.5. The van der Waals surface area contributed by atoms with Gasteiger partial charge in [-0.2, -0.15) is 9.41 Å². The molecule has 4 rings (SSSR count). The van der Waals surface area contributed by atoms with Crippen molar-refractivity contribution in [3.63, 3.8) is 0 Å². The van der Waals surface area contributed by atoms with Crippen molar-refractivity contribution in [3.8, 4) is 0 Å². The molecule has 0 radical (unpaired) electrons. The van der Waals surface area contributed by atoms with Gasteiger partial charge in [-0.1, -0.05) is 53.5 Å². The number of sulfonamides is 1. The molecule has 1 amide bonds. The van der Waals surface area contributed by atoms with E-state index >= 15 is 0 Å². The van der Waals surface area contributed by atoms with Crippen molar-refractivity contribution in [3.05, 3.63) is 124 Å². The molecule has 4 aromatic rings. The lowest BCUT2D eigenvalue weighted by Crippen LogP contribution is -2.30. The number of nitrogens with zero attached hydrogens (tertiary/aromatic N) is 2. The second-order valence-corrected chi connectivity index (χ2v) is 10.5. The lowest BCUT2D eigenvalue weighted by Gasteiger charge is -2.21. The van der Waals surface area contributed by atoms with Crippen molar-refractivity contribution in [2.45, 2.75) is 18.0 Å². The zero-order valence-electron chi connectivity index (χ0n) is 18.8. The van der Waals surface area contributed by atoms with Crippen LogP contribution in [0, 0.1) is 0 Å². The zero-order chi connectivity index (χ0) is 25.5. The summed E-state index contributed by atoms with van der Waals surface area (Å²) in [7, 11) is -3.85. The molecule has 3 aromatic carbocycles. The standard InChI is InChI=1S/C26H21Cl2N3O4S/c27-21-8-6-20(7-9-21)26(32)30-29-16-23-12-13-24(35-23)18-31(17-19-4-2-1-3-5-19)36(33,34)25-14-10-22(28)11-15-25/h1-16H,17-18H2,(H,30,32)/b29-16-. The normalized spacial score (nSPS) is 11.8. The smallest absolute Gasteiger partial charge is 0.271 e.